The summed E-state index contributed by atoms with van der Waals surface area (Å²) in [4.78, 5) is 16.6. The van der Waals surface area contributed by atoms with Gasteiger partial charge in [-0.25, -0.2) is 22.9 Å². The van der Waals surface area contributed by atoms with Crippen molar-refractivity contribution in [2.45, 2.75) is 45.2 Å². The van der Waals surface area contributed by atoms with Gasteiger partial charge in [0.2, 0.25) is 15.8 Å². The highest BCUT2D eigenvalue weighted by molar-refractivity contribution is 7.88. The molecule has 0 amide bonds. The molecule has 0 aromatic carbocycles. The minimum absolute atomic E-state index is 0.00949. The number of nitrogens with one attached hydrogen (secondary N) is 1. The third kappa shape index (κ3) is 5.30. The van der Waals surface area contributed by atoms with Crippen LogP contribution < -0.4 is 4.72 Å². The van der Waals surface area contributed by atoms with Crippen LogP contribution >= 0.6 is 0 Å². The van der Waals surface area contributed by atoms with Gasteiger partial charge in [-0.15, -0.1) is 10.2 Å². The fraction of sp³-hybridized carbons (Fsp3) is 0.562. The summed E-state index contributed by atoms with van der Waals surface area (Å²) in [6.07, 6.45) is 4.50. The number of hydrogen-bond donors (Lipinski definition) is 2. The number of carboxylic acids is 1. The van der Waals surface area contributed by atoms with E-state index >= 15 is 0 Å². The third-order valence-corrected chi connectivity index (χ3v) is 5.29. The summed E-state index contributed by atoms with van der Waals surface area (Å²) < 4.78 is 25.3. The van der Waals surface area contributed by atoms with Crippen LogP contribution in [0.5, 0.6) is 0 Å². The molecule has 10 nitrogen and oxygen atoms in total. The Balaban J connectivity index is 1.63. The van der Waals surface area contributed by atoms with E-state index in [0.717, 1.165) is 25.7 Å². The Morgan fingerprint density at radius 2 is 2.00 bits per heavy atom. The second-order valence-electron chi connectivity index (χ2n) is 6.96. The Labute approximate surface area is 157 Å². The van der Waals surface area contributed by atoms with E-state index in [4.69, 9.17) is 5.11 Å². The molecule has 0 aliphatic heterocycles. The van der Waals surface area contributed by atoms with Crippen LogP contribution in [0.4, 0.5) is 0 Å². The van der Waals surface area contributed by atoms with E-state index in [-0.39, 0.29) is 11.7 Å². The molecule has 1 fully saturated rings. The van der Waals surface area contributed by atoms with Crippen LogP contribution in [0.1, 0.15) is 41.9 Å². The zero-order valence-corrected chi connectivity index (χ0v) is 16.0. The van der Waals surface area contributed by atoms with Crippen LogP contribution in [0.2, 0.25) is 0 Å². The number of tetrazole rings is 1. The number of rotatable bonds is 6. The molecule has 3 rings (SSSR count). The van der Waals surface area contributed by atoms with Crippen LogP contribution in [-0.4, -0.2) is 57.0 Å². The summed E-state index contributed by atoms with van der Waals surface area (Å²) in [6.45, 7) is 2.30. The molecule has 1 aliphatic rings. The average Bonchev–Trinajstić information content (AvgIpc) is 3.03. The van der Waals surface area contributed by atoms with E-state index in [2.05, 4.69) is 25.1 Å². The molecular formula is C16H22N6O4S. The highest BCUT2D eigenvalue weighted by Crippen LogP contribution is 2.26. The molecule has 0 saturated heterocycles. The lowest BCUT2D eigenvalue weighted by Crippen LogP contribution is -2.37. The maximum atomic E-state index is 11.3. The first-order valence-electron chi connectivity index (χ1n) is 8.67. The highest BCUT2D eigenvalue weighted by Gasteiger charge is 2.24. The van der Waals surface area contributed by atoms with Crippen LogP contribution in [-0.2, 0) is 16.6 Å². The average molecular weight is 394 g/mol. The maximum Gasteiger partial charge on any atom is 0.354 e. The van der Waals surface area contributed by atoms with E-state index < -0.39 is 16.0 Å². The van der Waals surface area contributed by atoms with Crippen molar-refractivity contribution in [3.8, 4) is 11.4 Å². The summed E-state index contributed by atoms with van der Waals surface area (Å²) in [7, 11) is -3.18. The molecule has 2 heterocycles. The Morgan fingerprint density at radius 1 is 1.30 bits per heavy atom. The summed E-state index contributed by atoms with van der Waals surface area (Å²) in [6, 6.07) is 3.14. The van der Waals surface area contributed by atoms with Gasteiger partial charge >= 0.3 is 5.97 Å². The molecule has 146 valence electrons. The van der Waals surface area contributed by atoms with E-state index in [1.165, 1.54) is 17.1 Å². The fourth-order valence-corrected chi connectivity index (χ4v) is 4.18. The first-order chi connectivity index (χ1) is 12.7. The molecule has 0 radical (unpaired) electrons. The van der Waals surface area contributed by atoms with Crippen molar-refractivity contribution < 1.29 is 18.3 Å². The lowest BCUT2D eigenvalue weighted by Gasteiger charge is -2.27. The van der Waals surface area contributed by atoms with Crippen LogP contribution in [0.25, 0.3) is 11.4 Å². The monoisotopic (exact) mass is 394 g/mol. The smallest absolute Gasteiger partial charge is 0.354 e. The predicted molar refractivity (Wildman–Crippen MR) is 96.5 cm³/mol. The minimum atomic E-state index is -3.18. The second kappa shape index (κ2) is 7.69. The largest absolute Gasteiger partial charge is 0.477 e. The van der Waals surface area contributed by atoms with Crippen LogP contribution in [0, 0.1) is 12.8 Å². The van der Waals surface area contributed by atoms with Crippen molar-refractivity contribution in [3.63, 3.8) is 0 Å². The number of sulfonamides is 1. The zero-order valence-electron chi connectivity index (χ0n) is 15.2. The van der Waals surface area contributed by atoms with Crippen molar-refractivity contribution in [2.24, 2.45) is 5.92 Å². The van der Waals surface area contributed by atoms with Gasteiger partial charge in [-0.2, -0.15) is 4.80 Å². The highest BCUT2D eigenvalue weighted by atomic mass is 32.2. The van der Waals surface area contributed by atoms with Gasteiger partial charge in [0.05, 0.1) is 12.8 Å². The number of nitrogens with zero attached hydrogens (tertiary/aromatic N) is 5. The maximum absolute atomic E-state index is 11.3. The van der Waals surface area contributed by atoms with Crippen molar-refractivity contribution in [1.29, 1.82) is 0 Å². The van der Waals surface area contributed by atoms with Gasteiger partial charge in [0.25, 0.3) is 0 Å². The number of carboxylic acid groups (broad SMARTS) is 1. The SMILES string of the molecule is Cc1cc(-c2nnn(CC3CCC(NS(C)(=O)=O)CC3)n2)cc(C(=O)O)n1. The molecule has 2 aromatic heterocycles. The number of hydrogen-bond acceptors (Lipinski definition) is 7. The Morgan fingerprint density at radius 3 is 2.63 bits per heavy atom. The molecule has 0 atom stereocenters. The lowest BCUT2D eigenvalue weighted by molar-refractivity contribution is 0.0690. The molecule has 0 bridgehead atoms. The van der Waals surface area contributed by atoms with Crippen LogP contribution in [0.3, 0.4) is 0 Å². The number of carbonyl (C=O) groups is 1. The van der Waals surface area contributed by atoms with Crippen molar-refractivity contribution in [3.05, 3.63) is 23.5 Å². The van der Waals surface area contributed by atoms with E-state index in [1.807, 2.05) is 0 Å². The number of aryl methyl sites for hydroxylation is 1. The quantitative estimate of drug-likeness (QED) is 0.735. The molecule has 0 spiro atoms. The van der Waals surface area contributed by atoms with Gasteiger partial charge in [0.15, 0.2) is 0 Å². The first kappa shape index (κ1) is 19.4. The molecule has 2 aromatic rings. The van der Waals surface area contributed by atoms with E-state index in [9.17, 15) is 13.2 Å². The summed E-state index contributed by atoms with van der Waals surface area (Å²) >= 11 is 0. The second-order valence-corrected chi connectivity index (χ2v) is 8.74. The number of aromatic carboxylic acids is 1. The van der Waals surface area contributed by atoms with Crippen LogP contribution in [0.15, 0.2) is 12.1 Å². The Bertz CT molecular complexity index is 934. The summed E-state index contributed by atoms with van der Waals surface area (Å²) in [5, 5.41) is 21.6. The van der Waals surface area contributed by atoms with Gasteiger partial charge in [0, 0.05) is 17.3 Å². The number of aromatic nitrogens is 5. The normalized spacial score (nSPS) is 20.5. The topological polar surface area (TPSA) is 140 Å². The van der Waals surface area contributed by atoms with Gasteiger partial charge in [-0.1, -0.05) is 0 Å². The molecule has 1 aliphatic carbocycles. The summed E-state index contributed by atoms with van der Waals surface area (Å²) in [5.41, 5.74) is 1.07. The van der Waals surface area contributed by atoms with Gasteiger partial charge in [-0.05, 0) is 55.9 Å². The van der Waals surface area contributed by atoms with E-state index in [1.54, 1.807) is 13.0 Å². The molecule has 11 heteroatoms. The Hall–Kier alpha value is -2.40. The van der Waals surface area contributed by atoms with Crippen molar-refractivity contribution in [2.75, 3.05) is 6.26 Å². The first-order valence-corrected chi connectivity index (χ1v) is 10.6. The standard InChI is InChI=1S/C16H22N6O4S/c1-10-7-12(8-14(17-10)16(23)24)15-18-21-22(19-15)9-11-3-5-13(6-4-11)20-27(2,25)26/h7-8,11,13,20H,3-6,9H2,1-2H3,(H,23,24). The third-order valence-electron chi connectivity index (χ3n) is 4.53. The molecular weight excluding hydrogens is 372 g/mol. The van der Waals surface area contributed by atoms with Gasteiger partial charge in [0.1, 0.15) is 5.69 Å². The van der Waals surface area contributed by atoms with Gasteiger partial charge in [-0.3, -0.25) is 0 Å². The number of pyridine rings is 1. The molecule has 27 heavy (non-hydrogen) atoms. The fourth-order valence-electron chi connectivity index (χ4n) is 3.34. The van der Waals surface area contributed by atoms with Crippen molar-refractivity contribution in [1.82, 2.24) is 29.9 Å². The van der Waals surface area contributed by atoms with E-state index in [0.29, 0.717) is 29.5 Å². The van der Waals surface area contributed by atoms with Gasteiger partial charge < -0.3 is 5.11 Å². The Kier molecular flexibility index (Phi) is 5.51. The molecule has 0 unspecified atom stereocenters. The zero-order chi connectivity index (χ0) is 19.6. The lowest BCUT2D eigenvalue weighted by atomic mass is 9.86. The minimum Gasteiger partial charge on any atom is -0.477 e. The van der Waals surface area contributed by atoms with Crippen molar-refractivity contribution >= 4 is 16.0 Å². The molecule has 2 N–H and O–H groups in total. The molecule has 1 saturated carbocycles. The predicted octanol–water partition coefficient (Wildman–Crippen LogP) is 0.850. The summed E-state index contributed by atoms with van der Waals surface area (Å²) in [5.74, 6) is -0.402.